The van der Waals surface area contributed by atoms with Crippen LogP contribution in [0.1, 0.15) is 146 Å². The Morgan fingerprint density at radius 3 is 1.38 bits per heavy atom. The van der Waals surface area contributed by atoms with E-state index in [0.717, 1.165) is 16.3 Å². The molecule has 0 fully saturated rings. The molecule has 480 valence electrons. The number of benzene rings is 4. The predicted molar refractivity (Wildman–Crippen MR) is 327 cm³/mol. The van der Waals surface area contributed by atoms with Crippen molar-refractivity contribution in [1.29, 1.82) is 0 Å². The maximum absolute atomic E-state index is 13.3. The maximum Gasteiger partial charge on any atom is 0.408 e. The van der Waals surface area contributed by atoms with Gasteiger partial charge in [-0.1, -0.05) is 6.07 Å². The van der Waals surface area contributed by atoms with Crippen LogP contribution in [-0.4, -0.2) is 123 Å². The number of anilines is 2. The van der Waals surface area contributed by atoms with Gasteiger partial charge in [0, 0.05) is 63.3 Å². The molecule has 0 spiro atoms. The topological polar surface area (TPSA) is 372 Å². The summed E-state index contributed by atoms with van der Waals surface area (Å²) in [4.78, 5) is 127. The van der Waals surface area contributed by atoms with Crippen LogP contribution in [0.5, 0.6) is 23.0 Å². The molecule has 0 bridgehead atoms. The summed E-state index contributed by atoms with van der Waals surface area (Å²) in [5, 5.41) is 17.7. The molecular weight excluding hydrogens is 1140 g/mol. The van der Waals surface area contributed by atoms with Crippen molar-refractivity contribution in [3.63, 3.8) is 0 Å². The van der Waals surface area contributed by atoms with Gasteiger partial charge >= 0.3 is 12.2 Å². The zero-order valence-electron chi connectivity index (χ0n) is 51.7. The molecule has 0 saturated carbocycles. The van der Waals surface area contributed by atoms with Crippen LogP contribution in [0, 0.1) is 0 Å². The van der Waals surface area contributed by atoms with Crippen LogP contribution in [0.3, 0.4) is 0 Å². The SMILES string of the molecule is COc1ccc(NC(C)=O)cc1C(=O)NNC(=O)[C@H](CCCCNC(=O)CCCOc1ccc2cc(CN)c(OCCCC(=O)NCCCC[C@H](NC(=O)OC(C)(C)C)C(=O)NNC(=O)c3cc(NC(C)=O)ccc3OC)cc2c1)NC(=O)OC(C)(C)C. The van der Waals surface area contributed by atoms with Gasteiger partial charge in [0.2, 0.25) is 23.6 Å². The molecule has 10 amide bonds. The summed E-state index contributed by atoms with van der Waals surface area (Å²) in [6.45, 7) is 14.0. The second kappa shape index (κ2) is 35.3. The Bertz CT molecular complexity index is 3090. The molecule has 12 N–H and O–H groups in total. The molecule has 0 aliphatic heterocycles. The molecule has 0 aromatic heterocycles. The van der Waals surface area contributed by atoms with E-state index in [1.54, 1.807) is 53.7 Å². The normalized spacial score (nSPS) is 11.7. The van der Waals surface area contributed by atoms with Gasteiger partial charge in [-0.25, -0.2) is 9.59 Å². The van der Waals surface area contributed by atoms with Crippen molar-refractivity contribution < 1.29 is 76.4 Å². The van der Waals surface area contributed by atoms with Crippen LogP contribution in [-0.2, 0) is 44.8 Å². The molecule has 4 rings (SSSR count). The number of ether oxygens (including phenoxy) is 6. The Hall–Kier alpha value is -9.40. The molecule has 27 nitrogen and oxygen atoms in total. The fourth-order valence-corrected chi connectivity index (χ4v) is 8.42. The summed E-state index contributed by atoms with van der Waals surface area (Å²) in [7, 11) is 2.73. The van der Waals surface area contributed by atoms with Crippen LogP contribution in [0.25, 0.3) is 10.8 Å². The third-order valence-electron chi connectivity index (χ3n) is 12.5. The number of hydrogen-bond donors (Lipinski definition) is 11. The Kier molecular flexibility index (Phi) is 28.5. The molecule has 4 aromatic rings. The summed E-state index contributed by atoms with van der Waals surface area (Å²) in [5.74, 6) is -2.52. The van der Waals surface area contributed by atoms with E-state index in [9.17, 15) is 47.9 Å². The van der Waals surface area contributed by atoms with Crippen molar-refractivity contribution in [1.82, 2.24) is 43.0 Å². The standard InChI is InChI=1S/C61H85N11O16/c1-37(73)65-42-22-25-49(83-9)45(34-42)54(77)69-71-56(79)47(67-58(81)87-60(3,4)5)17-11-13-27-63-52(75)19-15-29-85-44-24-21-39-31-41(36-62)51(33-40(39)32-44)86-30-16-20-53(76)64-28-14-12-18-48(68-59(82)88-61(6,7)8)57(80)72-70-55(78)46-35-43(66-38(2)74)23-26-50(46)84-10/h21-26,31-35,47-48H,11-20,27-30,36,62H2,1-10H3,(H,63,75)(H,64,76)(H,65,73)(H,66,74)(H,67,81)(H,68,82)(H,69,77)(H,70,78)(H,71,79)(H,72,80)/t47-,48-/m0/s1. The molecule has 0 aliphatic carbocycles. The molecule has 2 atom stereocenters. The number of unbranched alkanes of at least 4 members (excludes halogenated alkanes) is 2. The van der Waals surface area contributed by atoms with E-state index < -0.39 is 59.1 Å². The van der Waals surface area contributed by atoms with Crippen LogP contribution in [0.15, 0.2) is 66.7 Å². The van der Waals surface area contributed by atoms with Gasteiger partial charge in [0.25, 0.3) is 23.6 Å². The number of carbonyl (C=O) groups is 10. The molecule has 88 heavy (non-hydrogen) atoms. The molecule has 0 aliphatic rings. The first-order valence-electron chi connectivity index (χ1n) is 28.8. The molecule has 27 heteroatoms. The van der Waals surface area contributed by atoms with E-state index in [1.807, 2.05) is 30.3 Å². The lowest BCUT2D eigenvalue weighted by molar-refractivity contribution is -0.124. The Balaban J connectivity index is 1.18. The summed E-state index contributed by atoms with van der Waals surface area (Å²) < 4.78 is 33.3. The minimum Gasteiger partial charge on any atom is -0.496 e. The van der Waals surface area contributed by atoms with E-state index in [2.05, 4.69) is 53.6 Å². The van der Waals surface area contributed by atoms with Gasteiger partial charge < -0.3 is 66.1 Å². The Morgan fingerprint density at radius 2 is 0.955 bits per heavy atom. The molecule has 4 aromatic carbocycles. The lowest BCUT2D eigenvalue weighted by Crippen LogP contribution is -2.53. The number of alkyl carbamates (subject to hydrolysis) is 2. The monoisotopic (exact) mass is 1230 g/mol. The second-order valence-corrected chi connectivity index (χ2v) is 22.2. The van der Waals surface area contributed by atoms with Gasteiger partial charge in [-0.05, 0) is 164 Å². The minimum absolute atomic E-state index is 0.0298. The lowest BCUT2D eigenvalue weighted by Gasteiger charge is -2.23. The lowest BCUT2D eigenvalue weighted by atomic mass is 10.1. The zero-order valence-corrected chi connectivity index (χ0v) is 51.7. The number of hydrazine groups is 2. The number of rotatable bonds is 31. The minimum atomic E-state index is -1.12. The highest BCUT2D eigenvalue weighted by Crippen LogP contribution is 2.30. The maximum atomic E-state index is 13.3. The zero-order chi connectivity index (χ0) is 65.0. The Labute approximate surface area is 512 Å². The van der Waals surface area contributed by atoms with Gasteiger partial charge in [-0.15, -0.1) is 0 Å². The Morgan fingerprint density at radius 1 is 0.500 bits per heavy atom. The third-order valence-corrected chi connectivity index (χ3v) is 12.5. The second-order valence-electron chi connectivity index (χ2n) is 22.2. The van der Waals surface area contributed by atoms with Gasteiger partial charge in [-0.2, -0.15) is 0 Å². The summed E-state index contributed by atoms with van der Waals surface area (Å²) >= 11 is 0. The number of nitrogens with two attached hydrogens (primary N) is 1. The van der Waals surface area contributed by atoms with Gasteiger partial charge in [0.15, 0.2) is 0 Å². The quantitative estimate of drug-likeness (QED) is 0.0208. The average Bonchev–Trinajstić information content (AvgIpc) is 2.75. The number of hydrogen-bond acceptors (Lipinski definition) is 17. The van der Waals surface area contributed by atoms with E-state index >= 15 is 0 Å². The molecular formula is C61H85N11O16. The van der Waals surface area contributed by atoms with Crippen LogP contribution in [0.2, 0.25) is 0 Å². The van der Waals surface area contributed by atoms with Gasteiger partial charge in [-0.3, -0.25) is 60.1 Å². The first-order chi connectivity index (χ1) is 41.7. The summed E-state index contributed by atoms with van der Waals surface area (Å²) in [6.07, 6.45) is 1.49. The van der Waals surface area contributed by atoms with Crippen molar-refractivity contribution in [3.05, 3.63) is 83.4 Å². The highest BCUT2D eigenvalue weighted by molar-refractivity contribution is 6.01. The smallest absolute Gasteiger partial charge is 0.408 e. The van der Waals surface area contributed by atoms with Crippen molar-refractivity contribution in [2.75, 3.05) is 51.2 Å². The van der Waals surface area contributed by atoms with Gasteiger partial charge in [0.05, 0.1) is 38.6 Å². The summed E-state index contributed by atoms with van der Waals surface area (Å²) in [6, 6.07) is 16.0. The molecule has 0 unspecified atom stereocenters. The van der Waals surface area contributed by atoms with Crippen LogP contribution < -0.4 is 78.3 Å². The fraction of sp³-hybridized carbons (Fsp3) is 0.475. The highest BCUT2D eigenvalue weighted by Gasteiger charge is 2.27. The number of carbonyl (C=O) groups excluding carboxylic acids is 10. The van der Waals surface area contributed by atoms with Crippen molar-refractivity contribution >= 4 is 81.6 Å². The number of fused-ring (bicyclic) bond motifs is 1. The molecule has 0 saturated heterocycles. The average molecular weight is 1230 g/mol. The number of amides is 10. The van der Waals surface area contributed by atoms with Crippen molar-refractivity contribution in [2.24, 2.45) is 5.73 Å². The summed E-state index contributed by atoms with van der Waals surface area (Å²) in [5.41, 5.74) is 15.2. The van der Waals surface area contributed by atoms with Crippen molar-refractivity contribution in [2.45, 2.75) is 149 Å². The van der Waals surface area contributed by atoms with Crippen molar-refractivity contribution in [3.8, 4) is 23.0 Å². The predicted octanol–water partition coefficient (Wildman–Crippen LogP) is 5.83. The first kappa shape index (κ1) is 71.1. The fourth-order valence-electron chi connectivity index (χ4n) is 8.42. The highest BCUT2D eigenvalue weighted by atomic mass is 16.6. The van der Waals surface area contributed by atoms with E-state index in [4.69, 9.17) is 34.2 Å². The van der Waals surface area contributed by atoms with Crippen LogP contribution >= 0.6 is 0 Å². The first-order valence-corrected chi connectivity index (χ1v) is 28.8. The van der Waals surface area contributed by atoms with Gasteiger partial charge in [0.1, 0.15) is 46.3 Å². The number of nitrogens with one attached hydrogen (secondary N) is 10. The molecule has 0 radical (unpaired) electrons. The van der Waals surface area contributed by atoms with E-state index in [1.165, 1.54) is 52.3 Å². The van der Waals surface area contributed by atoms with E-state index in [-0.39, 0.29) is 98.2 Å². The largest absolute Gasteiger partial charge is 0.496 e. The third kappa shape index (κ3) is 26.1. The molecule has 0 heterocycles. The number of methoxy groups -OCH3 is 2. The van der Waals surface area contributed by atoms with Crippen LogP contribution in [0.4, 0.5) is 21.0 Å². The van der Waals surface area contributed by atoms with E-state index in [0.29, 0.717) is 67.9 Å².